The molecule has 1 aliphatic heterocycles. The van der Waals surface area contributed by atoms with Crippen molar-refractivity contribution < 1.29 is 9.53 Å². The molecule has 3 aromatic heterocycles. The Bertz CT molecular complexity index is 1040. The third kappa shape index (κ3) is 3.91. The maximum atomic E-state index is 11.8. The molecule has 30 heavy (non-hydrogen) atoms. The zero-order chi connectivity index (χ0) is 21.1. The number of esters is 1. The molecule has 0 unspecified atom stereocenters. The zero-order valence-corrected chi connectivity index (χ0v) is 17.7. The van der Waals surface area contributed by atoms with Gasteiger partial charge in [0.2, 0.25) is 0 Å². The molecule has 2 atom stereocenters. The number of ether oxygens (including phenoxy) is 1. The third-order valence-corrected chi connectivity index (χ3v) is 5.56. The van der Waals surface area contributed by atoms with E-state index in [4.69, 9.17) is 17.0 Å². The van der Waals surface area contributed by atoms with Gasteiger partial charge >= 0.3 is 5.97 Å². The summed E-state index contributed by atoms with van der Waals surface area (Å²) in [6.45, 7) is 2.46. The van der Waals surface area contributed by atoms with Crippen LogP contribution in [0.25, 0.3) is 5.82 Å². The summed E-state index contributed by atoms with van der Waals surface area (Å²) in [6, 6.07) is 13.6. The normalized spacial score (nSPS) is 18.3. The summed E-state index contributed by atoms with van der Waals surface area (Å²) in [7, 11) is 1.39. The van der Waals surface area contributed by atoms with E-state index in [1.165, 1.54) is 7.11 Å². The molecule has 0 radical (unpaired) electrons. The van der Waals surface area contributed by atoms with Crippen LogP contribution in [0.2, 0.25) is 0 Å². The molecule has 8 heteroatoms. The molecule has 1 N–H and O–H groups in total. The number of nitrogens with zero attached hydrogens (tertiary/aromatic N) is 4. The Balaban J connectivity index is 1.75. The zero-order valence-electron chi connectivity index (χ0n) is 16.9. The molecule has 0 amide bonds. The lowest BCUT2D eigenvalue weighted by Gasteiger charge is -2.28. The van der Waals surface area contributed by atoms with E-state index >= 15 is 0 Å². The van der Waals surface area contributed by atoms with Crippen molar-refractivity contribution in [1.29, 1.82) is 0 Å². The van der Waals surface area contributed by atoms with Crippen molar-refractivity contribution >= 4 is 23.3 Å². The highest BCUT2D eigenvalue weighted by molar-refractivity contribution is 7.80. The van der Waals surface area contributed by atoms with Crippen LogP contribution in [0.4, 0.5) is 0 Å². The highest BCUT2D eigenvalue weighted by atomic mass is 32.1. The Morgan fingerprint density at radius 3 is 2.77 bits per heavy atom. The van der Waals surface area contributed by atoms with Gasteiger partial charge in [-0.05, 0) is 55.0 Å². The first-order chi connectivity index (χ1) is 14.6. The standard InChI is InChI=1S/C22H23N5O2S/c1-15-8-9-18(24-14-15)26-12-5-7-17(26)21-20(16-6-3-4-11-23-16)25-22(30)27(21)13-10-19(28)29-2/h3-9,11-12,14,20-21H,10,13H2,1-2H3,(H,25,30)/t20-,21-/m1/s1. The van der Waals surface area contributed by atoms with Crippen molar-refractivity contribution in [2.45, 2.75) is 25.4 Å². The molecule has 4 rings (SSSR count). The van der Waals surface area contributed by atoms with Gasteiger partial charge in [0.05, 0.1) is 31.3 Å². The number of carbonyl (C=O) groups excluding carboxylic acids is 1. The smallest absolute Gasteiger partial charge is 0.307 e. The van der Waals surface area contributed by atoms with Gasteiger partial charge in [-0.3, -0.25) is 9.78 Å². The topological polar surface area (TPSA) is 72.3 Å². The van der Waals surface area contributed by atoms with E-state index in [0.29, 0.717) is 11.7 Å². The van der Waals surface area contributed by atoms with Gasteiger partial charge in [-0.1, -0.05) is 12.1 Å². The van der Waals surface area contributed by atoms with Crippen LogP contribution in [0.1, 0.15) is 35.5 Å². The van der Waals surface area contributed by atoms with Crippen molar-refractivity contribution in [3.63, 3.8) is 0 Å². The van der Waals surface area contributed by atoms with Gasteiger partial charge < -0.3 is 19.5 Å². The molecule has 4 heterocycles. The molecule has 0 saturated carbocycles. The summed E-state index contributed by atoms with van der Waals surface area (Å²) >= 11 is 5.64. The van der Waals surface area contributed by atoms with E-state index in [2.05, 4.69) is 25.9 Å². The van der Waals surface area contributed by atoms with Gasteiger partial charge in [0.1, 0.15) is 5.82 Å². The summed E-state index contributed by atoms with van der Waals surface area (Å²) in [5.41, 5.74) is 3.00. The Morgan fingerprint density at radius 2 is 2.07 bits per heavy atom. The lowest BCUT2D eigenvalue weighted by Crippen LogP contribution is -2.32. The van der Waals surface area contributed by atoms with Crippen LogP contribution in [0.3, 0.4) is 0 Å². The number of methoxy groups -OCH3 is 1. The first-order valence-corrected chi connectivity index (χ1v) is 10.1. The molecule has 0 spiro atoms. The van der Waals surface area contributed by atoms with Crippen LogP contribution in [0.5, 0.6) is 0 Å². The summed E-state index contributed by atoms with van der Waals surface area (Å²) in [4.78, 5) is 23.0. The van der Waals surface area contributed by atoms with Crippen molar-refractivity contribution in [2.24, 2.45) is 0 Å². The molecule has 1 saturated heterocycles. The largest absolute Gasteiger partial charge is 0.469 e. The number of carbonyl (C=O) groups is 1. The summed E-state index contributed by atoms with van der Waals surface area (Å²) < 4.78 is 6.89. The molecule has 3 aromatic rings. The quantitative estimate of drug-likeness (QED) is 0.484. The maximum Gasteiger partial charge on any atom is 0.307 e. The average Bonchev–Trinajstić information content (AvgIpc) is 3.37. The lowest BCUT2D eigenvalue weighted by atomic mass is 10.0. The molecular formula is C22H23N5O2S. The van der Waals surface area contributed by atoms with E-state index in [1.54, 1.807) is 6.20 Å². The Kier molecular flexibility index (Phi) is 5.76. The van der Waals surface area contributed by atoms with Crippen molar-refractivity contribution in [1.82, 2.24) is 24.8 Å². The minimum atomic E-state index is -0.270. The molecule has 1 fully saturated rings. The molecular weight excluding hydrogens is 398 g/mol. The van der Waals surface area contributed by atoms with E-state index in [-0.39, 0.29) is 24.5 Å². The van der Waals surface area contributed by atoms with Gasteiger partial charge in [0, 0.05) is 30.8 Å². The number of hydrogen-bond acceptors (Lipinski definition) is 5. The number of nitrogens with one attached hydrogen (secondary N) is 1. The summed E-state index contributed by atoms with van der Waals surface area (Å²) in [5, 5.41) is 3.98. The molecule has 0 bridgehead atoms. The predicted molar refractivity (Wildman–Crippen MR) is 117 cm³/mol. The SMILES string of the molecule is COC(=O)CCN1C(=S)N[C@H](c2ccccn2)[C@H]1c1cccn1-c1ccc(C)cn1. The van der Waals surface area contributed by atoms with Crippen LogP contribution in [0.15, 0.2) is 61.1 Å². The first kappa shape index (κ1) is 20.0. The van der Waals surface area contributed by atoms with Crippen LogP contribution in [0, 0.1) is 6.92 Å². The molecule has 154 valence electrons. The van der Waals surface area contributed by atoms with E-state index in [9.17, 15) is 4.79 Å². The van der Waals surface area contributed by atoms with E-state index < -0.39 is 0 Å². The van der Waals surface area contributed by atoms with Gasteiger partial charge in [0.25, 0.3) is 0 Å². The fraction of sp³-hybridized carbons (Fsp3) is 0.273. The van der Waals surface area contributed by atoms with Crippen LogP contribution in [-0.2, 0) is 9.53 Å². The van der Waals surface area contributed by atoms with Crippen molar-refractivity contribution in [2.75, 3.05) is 13.7 Å². The highest BCUT2D eigenvalue weighted by Crippen LogP contribution is 2.39. The second-order valence-corrected chi connectivity index (χ2v) is 7.53. The first-order valence-electron chi connectivity index (χ1n) is 9.73. The molecule has 0 aliphatic carbocycles. The number of pyridine rings is 2. The van der Waals surface area contributed by atoms with E-state index in [0.717, 1.165) is 22.8 Å². The van der Waals surface area contributed by atoms with Crippen LogP contribution in [-0.4, -0.2) is 44.2 Å². The monoisotopic (exact) mass is 421 g/mol. The van der Waals surface area contributed by atoms with E-state index in [1.807, 2.05) is 60.6 Å². The fourth-order valence-electron chi connectivity index (χ4n) is 3.73. The number of aromatic nitrogens is 3. The Labute approximate surface area is 180 Å². The Morgan fingerprint density at radius 1 is 1.20 bits per heavy atom. The van der Waals surface area contributed by atoms with Crippen molar-refractivity contribution in [3.05, 3.63) is 78.0 Å². The molecule has 1 aliphatic rings. The minimum Gasteiger partial charge on any atom is -0.469 e. The highest BCUT2D eigenvalue weighted by Gasteiger charge is 2.41. The van der Waals surface area contributed by atoms with Crippen LogP contribution >= 0.6 is 12.2 Å². The fourth-order valence-corrected chi connectivity index (χ4v) is 4.06. The van der Waals surface area contributed by atoms with Gasteiger partial charge in [0.15, 0.2) is 5.11 Å². The number of aryl methyl sites for hydroxylation is 1. The van der Waals surface area contributed by atoms with Crippen molar-refractivity contribution in [3.8, 4) is 5.82 Å². The molecule has 7 nitrogen and oxygen atoms in total. The third-order valence-electron chi connectivity index (χ3n) is 5.21. The molecule has 0 aromatic carbocycles. The maximum absolute atomic E-state index is 11.8. The second-order valence-electron chi connectivity index (χ2n) is 7.14. The number of rotatable bonds is 6. The summed E-state index contributed by atoms with van der Waals surface area (Å²) in [5.74, 6) is 0.555. The predicted octanol–water partition coefficient (Wildman–Crippen LogP) is 3.11. The average molecular weight is 422 g/mol. The summed E-state index contributed by atoms with van der Waals surface area (Å²) in [6.07, 6.45) is 5.85. The van der Waals surface area contributed by atoms with Crippen LogP contribution < -0.4 is 5.32 Å². The Hall–Kier alpha value is -3.26. The lowest BCUT2D eigenvalue weighted by molar-refractivity contribution is -0.140. The number of thiocarbonyl (C=S) groups is 1. The van der Waals surface area contributed by atoms with Gasteiger partial charge in [-0.2, -0.15) is 0 Å². The second kappa shape index (κ2) is 8.62. The number of hydrogen-bond donors (Lipinski definition) is 1. The minimum absolute atomic E-state index is 0.157. The van der Waals surface area contributed by atoms with Gasteiger partial charge in [-0.15, -0.1) is 0 Å². The van der Waals surface area contributed by atoms with Gasteiger partial charge in [-0.25, -0.2) is 4.98 Å².